The van der Waals surface area contributed by atoms with Crippen LogP contribution in [0.25, 0.3) is 10.6 Å². The number of nitrogens with zero attached hydrogens (tertiary/aromatic N) is 2. The maximum atomic E-state index is 4.43. The molecule has 2 rings (SSSR count). The van der Waals surface area contributed by atoms with Gasteiger partial charge in [-0.25, -0.2) is 4.98 Å². The monoisotopic (exact) mass is 219 g/mol. The Morgan fingerprint density at radius 2 is 2.20 bits per heavy atom. The number of thiazole rings is 1. The minimum atomic E-state index is 0.856. The summed E-state index contributed by atoms with van der Waals surface area (Å²) in [4.78, 5) is 9.81. The minimum Gasteiger partial charge on any atom is -0.316 e. The molecule has 0 saturated heterocycles. The third kappa shape index (κ3) is 2.22. The number of hydrogen-bond acceptors (Lipinski definition) is 4. The van der Waals surface area contributed by atoms with Crippen molar-refractivity contribution in [3.8, 4) is 10.6 Å². The van der Waals surface area contributed by atoms with Crippen LogP contribution in [0.1, 0.15) is 11.3 Å². The quantitative estimate of drug-likeness (QED) is 0.860. The molecule has 78 valence electrons. The summed E-state index contributed by atoms with van der Waals surface area (Å²) in [6.07, 6.45) is 1.91. The van der Waals surface area contributed by atoms with Crippen LogP contribution in [0.5, 0.6) is 0 Å². The second-order valence-electron chi connectivity index (χ2n) is 3.35. The molecular weight excluding hydrogens is 206 g/mol. The Hall–Kier alpha value is -1.26. The Morgan fingerprint density at radius 3 is 2.73 bits per heavy atom. The van der Waals surface area contributed by atoms with Crippen LogP contribution < -0.4 is 5.32 Å². The first-order valence-electron chi connectivity index (χ1n) is 4.81. The maximum absolute atomic E-state index is 4.43. The zero-order chi connectivity index (χ0) is 10.7. The van der Waals surface area contributed by atoms with Crippen LogP contribution in [-0.2, 0) is 6.54 Å². The van der Waals surface area contributed by atoms with Gasteiger partial charge in [-0.15, -0.1) is 11.3 Å². The van der Waals surface area contributed by atoms with Crippen LogP contribution >= 0.6 is 11.3 Å². The maximum Gasteiger partial charge on any atom is 0.0820 e. The van der Waals surface area contributed by atoms with Crippen molar-refractivity contribution in [1.82, 2.24) is 15.3 Å². The zero-order valence-corrected chi connectivity index (χ0v) is 9.64. The second kappa shape index (κ2) is 4.51. The first kappa shape index (κ1) is 10.3. The van der Waals surface area contributed by atoms with Gasteiger partial charge in [0.1, 0.15) is 0 Å². The van der Waals surface area contributed by atoms with Crippen molar-refractivity contribution in [3.05, 3.63) is 35.1 Å². The van der Waals surface area contributed by atoms with Crippen molar-refractivity contribution < 1.29 is 0 Å². The fraction of sp³-hybridized carbons (Fsp3) is 0.273. The van der Waals surface area contributed by atoms with Gasteiger partial charge in [0.05, 0.1) is 21.8 Å². The van der Waals surface area contributed by atoms with Crippen molar-refractivity contribution in [2.45, 2.75) is 13.5 Å². The van der Waals surface area contributed by atoms with E-state index in [0.717, 1.165) is 22.8 Å². The van der Waals surface area contributed by atoms with Crippen LogP contribution in [0.4, 0.5) is 0 Å². The molecule has 0 radical (unpaired) electrons. The van der Waals surface area contributed by atoms with E-state index < -0.39 is 0 Å². The molecule has 4 heteroatoms. The standard InChI is InChI=1S/C11H13N3S/c1-8-11(15-7-14-8)10-4-3-9(5-12-2)6-13-10/h3-4,6-7,12H,5H2,1-2H3. The molecule has 2 aromatic rings. The Bertz CT molecular complexity index is 433. The van der Waals surface area contributed by atoms with Crippen molar-refractivity contribution in [2.24, 2.45) is 0 Å². The lowest BCUT2D eigenvalue weighted by Crippen LogP contribution is -2.05. The molecule has 3 nitrogen and oxygen atoms in total. The van der Waals surface area contributed by atoms with E-state index in [-0.39, 0.29) is 0 Å². The van der Waals surface area contributed by atoms with Gasteiger partial charge in [0, 0.05) is 12.7 Å². The molecule has 0 atom stereocenters. The molecule has 15 heavy (non-hydrogen) atoms. The molecule has 0 aliphatic rings. The lowest BCUT2D eigenvalue weighted by atomic mass is 10.2. The van der Waals surface area contributed by atoms with Gasteiger partial charge in [-0.05, 0) is 25.6 Å². The van der Waals surface area contributed by atoms with Gasteiger partial charge < -0.3 is 5.32 Å². The summed E-state index contributed by atoms with van der Waals surface area (Å²) in [6, 6.07) is 4.14. The van der Waals surface area contributed by atoms with Gasteiger partial charge in [-0.1, -0.05) is 6.07 Å². The van der Waals surface area contributed by atoms with Crippen molar-refractivity contribution >= 4 is 11.3 Å². The normalized spacial score (nSPS) is 10.5. The summed E-state index contributed by atoms with van der Waals surface area (Å²) >= 11 is 1.63. The predicted octanol–water partition coefficient (Wildman–Crippen LogP) is 2.23. The highest BCUT2D eigenvalue weighted by atomic mass is 32.1. The van der Waals surface area contributed by atoms with Crippen molar-refractivity contribution in [3.63, 3.8) is 0 Å². The van der Waals surface area contributed by atoms with Crippen LogP contribution in [-0.4, -0.2) is 17.0 Å². The summed E-state index contributed by atoms with van der Waals surface area (Å²) < 4.78 is 0. The molecule has 0 amide bonds. The minimum absolute atomic E-state index is 0.856. The van der Waals surface area contributed by atoms with Gasteiger partial charge in [0.2, 0.25) is 0 Å². The number of aromatic nitrogens is 2. The van der Waals surface area contributed by atoms with Gasteiger partial charge in [0.15, 0.2) is 0 Å². The fourth-order valence-electron chi connectivity index (χ4n) is 1.42. The Balaban J connectivity index is 2.28. The first-order valence-corrected chi connectivity index (χ1v) is 5.69. The second-order valence-corrected chi connectivity index (χ2v) is 4.20. The number of aryl methyl sites for hydroxylation is 1. The summed E-state index contributed by atoms with van der Waals surface area (Å²) in [5, 5.41) is 3.10. The van der Waals surface area contributed by atoms with E-state index in [1.165, 1.54) is 5.56 Å². The molecule has 0 aliphatic heterocycles. The summed E-state index contributed by atoms with van der Waals surface area (Å²) in [7, 11) is 1.93. The van der Waals surface area contributed by atoms with E-state index in [4.69, 9.17) is 0 Å². The van der Waals surface area contributed by atoms with E-state index in [1.54, 1.807) is 11.3 Å². The largest absolute Gasteiger partial charge is 0.316 e. The van der Waals surface area contributed by atoms with Crippen molar-refractivity contribution in [2.75, 3.05) is 7.05 Å². The Kier molecular flexibility index (Phi) is 3.08. The zero-order valence-electron chi connectivity index (χ0n) is 8.82. The number of nitrogens with one attached hydrogen (secondary N) is 1. The van der Waals surface area contributed by atoms with Crippen LogP contribution in [0.2, 0.25) is 0 Å². The fourth-order valence-corrected chi connectivity index (χ4v) is 2.20. The van der Waals surface area contributed by atoms with Crippen LogP contribution in [0, 0.1) is 6.92 Å². The number of pyridine rings is 1. The van der Waals surface area contributed by atoms with E-state index in [1.807, 2.05) is 31.7 Å². The topological polar surface area (TPSA) is 37.8 Å². The molecule has 0 bridgehead atoms. The van der Waals surface area contributed by atoms with Crippen LogP contribution in [0.3, 0.4) is 0 Å². The molecule has 0 unspecified atom stereocenters. The Morgan fingerprint density at radius 1 is 1.33 bits per heavy atom. The van der Waals surface area contributed by atoms with E-state index in [2.05, 4.69) is 21.4 Å². The lowest BCUT2D eigenvalue weighted by molar-refractivity contribution is 0.813. The molecule has 2 heterocycles. The first-order chi connectivity index (χ1) is 7.31. The van der Waals surface area contributed by atoms with E-state index >= 15 is 0 Å². The highest BCUT2D eigenvalue weighted by Crippen LogP contribution is 2.24. The molecule has 0 aliphatic carbocycles. The summed E-state index contributed by atoms with van der Waals surface area (Å²) in [5.41, 5.74) is 5.11. The average molecular weight is 219 g/mol. The van der Waals surface area contributed by atoms with Gasteiger partial charge in [0.25, 0.3) is 0 Å². The lowest BCUT2D eigenvalue weighted by Gasteiger charge is -2.01. The molecular formula is C11H13N3S. The number of rotatable bonds is 3. The van der Waals surface area contributed by atoms with E-state index in [0.29, 0.717) is 0 Å². The van der Waals surface area contributed by atoms with E-state index in [9.17, 15) is 0 Å². The SMILES string of the molecule is CNCc1ccc(-c2scnc2C)nc1. The van der Waals surface area contributed by atoms with Gasteiger partial charge in [-0.3, -0.25) is 4.98 Å². The molecule has 0 aromatic carbocycles. The predicted molar refractivity (Wildman–Crippen MR) is 62.8 cm³/mol. The number of hydrogen-bond donors (Lipinski definition) is 1. The van der Waals surface area contributed by atoms with Gasteiger partial charge >= 0.3 is 0 Å². The molecule has 2 aromatic heterocycles. The summed E-state index contributed by atoms with van der Waals surface area (Å²) in [6.45, 7) is 2.87. The molecule has 0 spiro atoms. The molecule has 1 N–H and O–H groups in total. The highest BCUT2D eigenvalue weighted by Gasteiger charge is 2.05. The third-order valence-electron chi connectivity index (χ3n) is 2.18. The Labute approximate surface area is 93.2 Å². The van der Waals surface area contributed by atoms with Crippen LogP contribution in [0.15, 0.2) is 23.8 Å². The molecule has 0 saturated carbocycles. The summed E-state index contributed by atoms with van der Waals surface area (Å²) in [5.74, 6) is 0. The average Bonchev–Trinajstić information content (AvgIpc) is 2.66. The van der Waals surface area contributed by atoms with Crippen molar-refractivity contribution in [1.29, 1.82) is 0 Å². The van der Waals surface area contributed by atoms with Gasteiger partial charge in [-0.2, -0.15) is 0 Å². The third-order valence-corrected chi connectivity index (χ3v) is 3.13. The molecule has 0 fully saturated rings. The smallest absolute Gasteiger partial charge is 0.0820 e. The highest BCUT2D eigenvalue weighted by molar-refractivity contribution is 7.13.